The summed E-state index contributed by atoms with van der Waals surface area (Å²) in [7, 11) is 0. The average Bonchev–Trinajstić information content (AvgIpc) is 2.42. The number of carbonyl (C=O) groups is 1. The van der Waals surface area contributed by atoms with Gasteiger partial charge in [0, 0.05) is 10.6 Å². The van der Waals surface area contributed by atoms with Gasteiger partial charge in [-0.05, 0) is 42.5 Å². The van der Waals surface area contributed by atoms with Crippen molar-refractivity contribution in [2.45, 2.75) is 4.90 Å². The molecule has 20 heavy (non-hydrogen) atoms. The second-order valence-electron chi connectivity index (χ2n) is 4.03. The number of hydrogen-bond acceptors (Lipinski definition) is 3. The minimum absolute atomic E-state index is 0.166. The number of nitrogen functional groups attached to an aromatic ring is 1. The number of nitrogens with one attached hydrogen (secondary N) is 1. The van der Waals surface area contributed by atoms with Gasteiger partial charge in [0.15, 0.2) is 0 Å². The van der Waals surface area contributed by atoms with Crippen LogP contribution < -0.4 is 11.1 Å². The van der Waals surface area contributed by atoms with Gasteiger partial charge in [0.2, 0.25) is 5.91 Å². The Morgan fingerprint density at radius 3 is 2.60 bits per heavy atom. The monoisotopic (exact) mass is 310 g/mol. The first kappa shape index (κ1) is 14.7. The molecule has 0 fully saturated rings. The van der Waals surface area contributed by atoms with E-state index >= 15 is 0 Å². The zero-order valence-electron chi connectivity index (χ0n) is 10.4. The summed E-state index contributed by atoms with van der Waals surface area (Å²) in [4.78, 5) is 12.6. The van der Waals surface area contributed by atoms with Gasteiger partial charge in [-0.15, -0.1) is 11.8 Å². The molecule has 0 heterocycles. The van der Waals surface area contributed by atoms with Crippen LogP contribution in [0.2, 0.25) is 5.02 Å². The van der Waals surface area contributed by atoms with E-state index in [-0.39, 0.29) is 17.5 Å². The Balaban J connectivity index is 1.89. The highest BCUT2D eigenvalue weighted by atomic mass is 35.5. The van der Waals surface area contributed by atoms with Gasteiger partial charge in [0.05, 0.1) is 16.5 Å². The molecule has 104 valence electrons. The molecule has 1 amide bonds. The number of amides is 1. The minimum atomic E-state index is -0.296. The van der Waals surface area contributed by atoms with Gasteiger partial charge in [-0.25, -0.2) is 4.39 Å². The predicted molar refractivity (Wildman–Crippen MR) is 81.6 cm³/mol. The van der Waals surface area contributed by atoms with Crippen molar-refractivity contribution in [2.75, 3.05) is 16.8 Å². The van der Waals surface area contributed by atoms with Gasteiger partial charge in [0.25, 0.3) is 0 Å². The summed E-state index contributed by atoms with van der Waals surface area (Å²) in [6, 6.07) is 10.9. The van der Waals surface area contributed by atoms with E-state index in [4.69, 9.17) is 17.3 Å². The Morgan fingerprint density at radius 2 is 1.95 bits per heavy atom. The Hall–Kier alpha value is -1.72. The lowest BCUT2D eigenvalue weighted by atomic mass is 10.3. The third-order valence-corrected chi connectivity index (χ3v) is 3.82. The first-order valence-corrected chi connectivity index (χ1v) is 7.14. The van der Waals surface area contributed by atoms with Gasteiger partial charge in [-0.3, -0.25) is 4.79 Å². The van der Waals surface area contributed by atoms with E-state index < -0.39 is 0 Å². The first-order chi connectivity index (χ1) is 9.54. The average molecular weight is 311 g/mol. The maximum atomic E-state index is 12.7. The number of carbonyl (C=O) groups excluding carboxylic acids is 1. The Labute approximate surface area is 125 Å². The zero-order chi connectivity index (χ0) is 14.5. The van der Waals surface area contributed by atoms with Gasteiger partial charge in [-0.2, -0.15) is 0 Å². The van der Waals surface area contributed by atoms with Gasteiger partial charge < -0.3 is 11.1 Å². The summed E-state index contributed by atoms with van der Waals surface area (Å²) >= 11 is 7.13. The highest BCUT2D eigenvalue weighted by Gasteiger charge is 2.05. The molecule has 2 aromatic carbocycles. The van der Waals surface area contributed by atoms with Crippen LogP contribution in [0.25, 0.3) is 0 Å². The van der Waals surface area contributed by atoms with E-state index in [0.29, 0.717) is 16.4 Å². The van der Waals surface area contributed by atoms with Crippen LogP contribution in [0.1, 0.15) is 0 Å². The van der Waals surface area contributed by atoms with Crippen molar-refractivity contribution in [1.82, 2.24) is 0 Å². The van der Waals surface area contributed by atoms with Gasteiger partial charge in [0.1, 0.15) is 5.82 Å². The van der Waals surface area contributed by atoms with Crippen LogP contribution in [0.4, 0.5) is 15.8 Å². The maximum Gasteiger partial charge on any atom is 0.234 e. The fourth-order valence-electron chi connectivity index (χ4n) is 1.50. The highest BCUT2D eigenvalue weighted by Crippen LogP contribution is 2.23. The molecule has 0 saturated carbocycles. The molecule has 3 nitrogen and oxygen atoms in total. The Bertz CT molecular complexity index is 619. The number of nitrogens with two attached hydrogens (primary N) is 1. The van der Waals surface area contributed by atoms with Crippen molar-refractivity contribution in [3.8, 4) is 0 Å². The molecule has 0 aromatic heterocycles. The molecule has 0 radical (unpaired) electrons. The van der Waals surface area contributed by atoms with Crippen LogP contribution in [-0.4, -0.2) is 11.7 Å². The summed E-state index contributed by atoms with van der Waals surface area (Å²) in [5.41, 5.74) is 6.66. The summed E-state index contributed by atoms with van der Waals surface area (Å²) < 4.78 is 12.7. The lowest BCUT2D eigenvalue weighted by Crippen LogP contribution is -2.14. The molecule has 0 aliphatic rings. The molecule has 2 rings (SSSR count). The molecule has 0 unspecified atom stereocenters. The molecule has 0 aliphatic heterocycles. The lowest BCUT2D eigenvalue weighted by molar-refractivity contribution is -0.113. The summed E-state index contributed by atoms with van der Waals surface area (Å²) in [6.07, 6.45) is 0. The molecule has 6 heteroatoms. The van der Waals surface area contributed by atoms with Crippen molar-refractivity contribution < 1.29 is 9.18 Å². The van der Waals surface area contributed by atoms with Crippen molar-refractivity contribution in [1.29, 1.82) is 0 Å². The molecule has 0 atom stereocenters. The van der Waals surface area contributed by atoms with Crippen LogP contribution in [0, 0.1) is 5.82 Å². The molecule has 0 bridgehead atoms. The fourth-order valence-corrected chi connectivity index (χ4v) is 2.31. The van der Waals surface area contributed by atoms with Crippen LogP contribution in [0.3, 0.4) is 0 Å². The maximum absolute atomic E-state index is 12.7. The topological polar surface area (TPSA) is 55.1 Å². The Kier molecular flexibility index (Phi) is 4.87. The van der Waals surface area contributed by atoms with Crippen molar-refractivity contribution in [2.24, 2.45) is 0 Å². The second-order valence-corrected chi connectivity index (χ2v) is 5.48. The molecule has 0 saturated heterocycles. The van der Waals surface area contributed by atoms with Crippen molar-refractivity contribution in [3.63, 3.8) is 0 Å². The highest BCUT2D eigenvalue weighted by molar-refractivity contribution is 8.00. The standard InChI is InChI=1S/C14H12ClFN2OS/c15-12-6-3-10(7-13(12)17)18-14(19)8-20-11-4-1-9(16)2-5-11/h1-7H,8,17H2,(H,18,19). The summed E-state index contributed by atoms with van der Waals surface area (Å²) in [6.45, 7) is 0. The number of rotatable bonds is 4. The van der Waals surface area contributed by atoms with Crippen LogP contribution in [-0.2, 0) is 4.79 Å². The van der Waals surface area contributed by atoms with Gasteiger partial charge in [-0.1, -0.05) is 11.6 Å². The molecule has 0 aliphatic carbocycles. The second kappa shape index (κ2) is 6.63. The number of hydrogen-bond donors (Lipinski definition) is 2. The van der Waals surface area contributed by atoms with Crippen LogP contribution >= 0.6 is 23.4 Å². The molecular weight excluding hydrogens is 299 g/mol. The van der Waals surface area contributed by atoms with E-state index in [0.717, 1.165) is 4.90 Å². The predicted octanol–water partition coefficient (Wildman–Crippen LogP) is 3.79. The summed E-state index contributed by atoms with van der Waals surface area (Å²) in [5, 5.41) is 3.17. The number of halogens is 2. The smallest absolute Gasteiger partial charge is 0.234 e. The molecular formula is C14H12ClFN2OS. The van der Waals surface area contributed by atoms with E-state index in [9.17, 15) is 9.18 Å². The SMILES string of the molecule is Nc1cc(NC(=O)CSc2ccc(F)cc2)ccc1Cl. The fraction of sp³-hybridized carbons (Fsp3) is 0.0714. The lowest BCUT2D eigenvalue weighted by Gasteiger charge is -2.07. The largest absolute Gasteiger partial charge is 0.397 e. The zero-order valence-corrected chi connectivity index (χ0v) is 12.0. The van der Waals surface area contributed by atoms with E-state index in [2.05, 4.69) is 5.32 Å². The third kappa shape index (κ3) is 4.15. The third-order valence-electron chi connectivity index (χ3n) is 2.46. The first-order valence-electron chi connectivity index (χ1n) is 5.78. The van der Waals surface area contributed by atoms with Crippen LogP contribution in [0.15, 0.2) is 47.4 Å². The Morgan fingerprint density at radius 1 is 1.25 bits per heavy atom. The van der Waals surface area contributed by atoms with E-state index in [1.165, 1.54) is 23.9 Å². The van der Waals surface area contributed by atoms with Crippen LogP contribution in [0.5, 0.6) is 0 Å². The quantitative estimate of drug-likeness (QED) is 0.667. The van der Waals surface area contributed by atoms with Gasteiger partial charge >= 0.3 is 0 Å². The van der Waals surface area contributed by atoms with Crippen molar-refractivity contribution >= 4 is 40.6 Å². The number of anilines is 2. The molecule has 2 aromatic rings. The minimum Gasteiger partial charge on any atom is -0.397 e. The number of benzene rings is 2. The van der Waals surface area contributed by atoms with E-state index in [1.54, 1.807) is 30.3 Å². The van der Waals surface area contributed by atoms with Crippen molar-refractivity contribution in [3.05, 3.63) is 53.3 Å². The number of thioether (sulfide) groups is 1. The van der Waals surface area contributed by atoms with E-state index in [1.807, 2.05) is 0 Å². The molecule has 0 spiro atoms. The normalized spacial score (nSPS) is 10.3. The molecule has 3 N–H and O–H groups in total. The summed E-state index contributed by atoms with van der Waals surface area (Å²) in [5.74, 6) is -0.231.